The second kappa shape index (κ2) is 9.02. The van der Waals surface area contributed by atoms with Crippen LogP contribution in [0.1, 0.15) is 5.69 Å². The molecule has 2 aromatic heterocycles. The van der Waals surface area contributed by atoms with Crippen molar-refractivity contribution in [3.05, 3.63) is 127 Å². The van der Waals surface area contributed by atoms with E-state index in [0.29, 0.717) is 5.69 Å². The zero-order valence-corrected chi connectivity index (χ0v) is 19.7. The largest absolute Gasteiger partial charge is 0.236 e. The molecule has 0 aliphatic heterocycles. The van der Waals surface area contributed by atoms with Gasteiger partial charge < -0.3 is 0 Å². The van der Waals surface area contributed by atoms with E-state index < -0.39 is 0 Å². The SMILES string of the molecule is N#Cc1nc(-c2ccccc2)c2c(-c3ccccc3)sc(-c3ccccc3)c2c1-c1ccccc1. The predicted molar refractivity (Wildman–Crippen MR) is 146 cm³/mol. The summed E-state index contributed by atoms with van der Waals surface area (Å²) in [5.41, 5.74) is 6.45. The number of hydrogen-bond acceptors (Lipinski definition) is 3. The van der Waals surface area contributed by atoms with E-state index in [1.807, 2.05) is 48.5 Å². The molecular formula is C32H20N2S. The van der Waals surface area contributed by atoms with Crippen LogP contribution in [-0.2, 0) is 0 Å². The quantitative estimate of drug-likeness (QED) is 0.261. The summed E-state index contributed by atoms with van der Waals surface area (Å²) < 4.78 is 0. The van der Waals surface area contributed by atoms with Crippen LogP contribution in [0.15, 0.2) is 121 Å². The molecule has 0 saturated heterocycles. The molecule has 6 rings (SSSR count). The molecule has 0 N–H and O–H groups in total. The van der Waals surface area contributed by atoms with Crippen molar-refractivity contribution in [2.45, 2.75) is 0 Å². The van der Waals surface area contributed by atoms with Gasteiger partial charge in [-0.25, -0.2) is 4.98 Å². The third kappa shape index (κ3) is 3.71. The topological polar surface area (TPSA) is 36.7 Å². The summed E-state index contributed by atoms with van der Waals surface area (Å²) >= 11 is 1.77. The lowest BCUT2D eigenvalue weighted by Gasteiger charge is -2.13. The van der Waals surface area contributed by atoms with Crippen molar-refractivity contribution in [3.8, 4) is 49.3 Å². The highest BCUT2D eigenvalue weighted by atomic mass is 32.1. The van der Waals surface area contributed by atoms with E-state index in [9.17, 15) is 5.26 Å². The summed E-state index contributed by atoms with van der Waals surface area (Å²) in [7, 11) is 0. The number of hydrogen-bond donors (Lipinski definition) is 0. The third-order valence-electron chi connectivity index (χ3n) is 6.14. The zero-order chi connectivity index (χ0) is 23.6. The van der Waals surface area contributed by atoms with Gasteiger partial charge in [0, 0.05) is 31.7 Å². The molecule has 0 aliphatic carbocycles. The summed E-state index contributed by atoms with van der Waals surface area (Å²) in [4.78, 5) is 7.31. The number of aromatic nitrogens is 1. The van der Waals surface area contributed by atoms with Crippen molar-refractivity contribution in [2.24, 2.45) is 0 Å². The predicted octanol–water partition coefficient (Wildman–Crippen LogP) is 8.84. The van der Waals surface area contributed by atoms with Crippen molar-refractivity contribution in [1.29, 1.82) is 5.26 Å². The van der Waals surface area contributed by atoms with Crippen LogP contribution < -0.4 is 0 Å². The molecule has 2 heterocycles. The number of thiophene rings is 1. The standard InChI is InChI=1S/C32H20N2S/c33-21-26-27(22-13-5-1-6-14-22)28-29(30(34-26)23-15-7-2-8-16-23)32(25-19-11-4-12-20-25)35-31(28)24-17-9-3-10-18-24/h1-20H. The fraction of sp³-hybridized carbons (Fsp3) is 0. The number of rotatable bonds is 4. The Kier molecular flexibility index (Phi) is 5.42. The smallest absolute Gasteiger partial charge is 0.149 e. The number of nitriles is 1. The first-order chi connectivity index (χ1) is 17.3. The van der Waals surface area contributed by atoms with Gasteiger partial charge in [0.05, 0.1) is 5.69 Å². The minimum absolute atomic E-state index is 0.442. The Labute approximate surface area is 208 Å². The molecule has 0 amide bonds. The van der Waals surface area contributed by atoms with Crippen molar-refractivity contribution < 1.29 is 0 Å². The van der Waals surface area contributed by atoms with Gasteiger partial charge in [0.1, 0.15) is 11.8 Å². The maximum absolute atomic E-state index is 10.3. The summed E-state index contributed by atoms with van der Waals surface area (Å²) in [6, 6.07) is 43.7. The molecule has 0 spiro atoms. The third-order valence-corrected chi connectivity index (χ3v) is 7.43. The molecule has 3 heteroatoms. The maximum atomic E-state index is 10.3. The molecule has 0 saturated carbocycles. The van der Waals surface area contributed by atoms with E-state index in [1.54, 1.807) is 11.3 Å². The minimum atomic E-state index is 0.442. The van der Waals surface area contributed by atoms with E-state index in [0.717, 1.165) is 54.0 Å². The van der Waals surface area contributed by atoms with Gasteiger partial charge in [0.25, 0.3) is 0 Å². The first-order valence-electron chi connectivity index (χ1n) is 11.5. The normalized spacial score (nSPS) is 10.8. The average Bonchev–Trinajstić information content (AvgIpc) is 3.34. The van der Waals surface area contributed by atoms with Crippen LogP contribution in [0.4, 0.5) is 0 Å². The Morgan fingerprint density at radius 3 is 1.43 bits per heavy atom. The van der Waals surface area contributed by atoms with E-state index in [-0.39, 0.29) is 0 Å². The fourth-order valence-electron chi connectivity index (χ4n) is 4.59. The number of benzene rings is 4. The van der Waals surface area contributed by atoms with Gasteiger partial charge in [-0.2, -0.15) is 5.26 Å². The van der Waals surface area contributed by atoms with E-state index in [1.165, 1.54) is 0 Å². The second-order valence-corrected chi connectivity index (χ2v) is 9.29. The van der Waals surface area contributed by atoms with Crippen molar-refractivity contribution in [2.75, 3.05) is 0 Å². The highest BCUT2D eigenvalue weighted by molar-refractivity contribution is 7.21. The Balaban J connectivity index is 1.85. The molecule has 6 aromatic rings. The maximum Gasteiger partial charge on any atom is 0.149 e. The molecule has 0 radical (unpaired) electrons. The molecule has 164 valence electrons. The molecule has 0 atom stereocenters. The molecule has 35 heavy (non-hydrogen) atoms. The molecule has 4 aromatic carbocycles. The molecule has 0 bridgehead atoms. The highest BCUT2D eigenvalue weighted by Gasteiger charge is 2.25. The van der Waals surface area contributed by atoms with E-state index in [4.69, 9.17) is 4.98 Å². The van der Waals surface area contributed by atoms with Crippen LogP contribution in [0.3, 0.4) is 0 Å². The molecule has 2 nitrogen and oxygen atoms in total. The Morgan fingerprint density at radius 1 is 0.514 bits per heavy atom. The lowest BCUT2D eigenvalue weighted by Crippen LogP contribution is -1.96. The summed E-state index contributed by atoms with van der Waals surface area (Å²) in [5.74, 6) is 0. The van der Waals surface area contributed by atoms with Crippen molar-refractivity contribution in [3.63, 3.8) is 0 Å². The van der Waals surface area contributed by atoms with Crippen LogP contribution in [0.2, 0.25) is 0 Å². The van der Waals surface area contributed by atoms with Gasteiger partial charge in [0.15, 0.2) is 0 Å². The van der Waals surface area contributed by atoms with E-state index >= 15 is 0 Å². The Bertz CT molecular complexity index is 1660. The minimum Gasteiger partial charge on any atom is -0.236 e. The van der Waals surface area contributed by atoms with Crippen LogP contribution >= 0.6 is 11.3 Å². The highest BCUT2D eigenvalue weighted by Crippen LogP contribution is 2.51. The second-order valence-electron chi connectivity index (χ2n) is 8.27. The monoisotopic (exact) mass is 464 g/mol. The number of pyridine rings is 1. The van der Waals surface area contributed by atoms with Crippen LogP contribution in [-0.4, -0.2) is 4.98 Å². The lowest BCUT2D eigenvalue weighted by atomic mass is 9.92. The number of fused-ring (bicyclic) bond motifs is 1. The number of nitrogens with zero attached hydrogens (tertiary/aromatic N) is 2. The van der Waals surface area contributed by atoms with Crippen LogP contribution in [0, 0.1) is 11.3 Å². The molecule has 0 aliphatic rings. The molecular weight excluding hydrogens is 444 g/mol. The Morgan fingerprint density at radius 2 is 0.943 bits per heavy atom. The Hall–Kier alpha value is -4.52. The molecule has 0 fully saturated rings. The van der Waals surface area contributed by atoms with Crippen LogP contribution in [0.25, 0.3) is 54.0 Å². The first-order valence-corrected chi connectivity index (χ1v) is 12.3. The first kappa shape index (κ1) is 21.0. The zero-order valence-electron chi connectivity index (χ0n) is 18.8. The summed E-state index contributed by atoms with van der Waals surface area (Å²) in [6.07, 6.45) is 0. The van der Waals surface area contributed by atoms with Gasteiger partial charge in [-0.05, 0) is 16.7 Å². The van der Waals surface area contributed by atoms with Gasteiger partial charge in [-0.15, -0.1) is 11.3 Å². The molecule has 0 unspecified atom stereocenters. The average molecular weight is 465 g/mol. The van der Waals surface area contributed by atoms with E-state index in [2.05, 4.69) is 78.9 Å². The van der Waals surface area contributed by atoms with Crippen molar-refractivity contribution >= 4 is 22.1 Å². The van der Waals surface area contributed by atoms with Gasteiger partial charge >= 0.3 is 0 Å². The summed E-state index contributed by atoms with van der Waals surface area (Å²) in [5, 5.41) is 12.5. The summed E-state index contributed by atoms with van der Waals surface area (Å²) in [6.45, 7) is 0. The van der Waals surface area contributed by atoms with Gasteiger partial charge in [-0.3, -0.25) is 0 Å². The van der Waals surface area contributed by atoms with Gasteiger partial charge in [0.2, 0.25) is 0 Å². The lowest BCUT2D eigenvalue weighted by molar-refractivity contribution is 1.29. The van der Waals surface area contributed by atoms with Crippen molar-refractivity contribution in [1.82, 2.24) is 4.98 Å². The fourth-order valence-corrected chi connectivity index (χ4v) is 5.91. The van der Waals surface area contributed by atoms with Crippen LogP contribution in [0.5, 0.6) is 0 Å². The van der Waals surface area contributed by atoms with Gasteiger partial charge in [-0.1, -0.05) is 121 Å².